The van der Waals surface area contributed by atoms with Gasteiger partial charge >= 0.3 is 0 Å². The second-order valence-electron chi connectivity index (χ2n) is 0.723. The smallest absolute Gasteiger partial charge is 0.00666 e. The molecule has 0 saturated carbocycles. The zero-order chi connectivity index (χ0) is 4.83. The van der Waals surface area contributed by atoms with Gasteiger partial charge in [-0.1, -0.05) is 6.58 Å². The summed E-state index contributed by atoms with van der Waals surface area (Å²) in [7, 11) is 1.76. The van der Waals surface area contributed by atoms with E-state index in [1.807, 2.05) is 0 Å². The molecule has 3 heteroatoms. The van der Waals surface area contributed by atoms with Crippen molar-refractivity contribution >= 4 is 0 Å². The van der Waals surface area contributed by atoms with Crippen LogP contribution in [0, 0.1) is 0 Å². The van der Waals surface area contributed by atoms with Crippen LogP contribution >= 0.6 is 0 Å². The highest BCUT2D eigenvalue weighted by atomic mass is 15.6. The van der Waals surface area contributed by atoms with Gasteiger partial charge < -0.3 is 5.43 Å². The van der Waals surface area contributed by atoms with Gasteiger partial charge in [-0.25, -0.2) is 5.43 Å². The minimum Gasteiger partial charge on any atom is -0.316 e. The summed E-state index contributed by atoms with van der Waals surface area (Å²) in [6.45, 7) is 3.38. The highest BCUT2D eigenvalue weighted by molar-refractivity contribution is 4.55. The molecule has 0 aromatic carbocycles. The molecule has 3 nitrogen and oxygen atoms in total. The largest absolute Gasteiger partial charge is 0.316 e. The first-order chi connectivity index (χ1) is 2.91. The normalized spacial score (nSPS) is 7.50. The van der Waals surface area contributed by atoms with Crippen molar-refractivity contribution in [2.75, 3.05) is 7.05 Å². The van der Waals surface area contributed by atoms with Crippen LogP contribution in [0.25, 0.3) is 0 Å². The average molecular weight is 87.1 g/mol. The predicted octanol–water partition coefficient (Wildman–Crippen LogP) is -0.642. The Morgan fingerprint density at radius 2 is 2.33 bits per heavy atom. The van der Waals surface area contributed by atoms with Crippen LogP contribution < -0.4 is 16.4 Å². The van der Waals surface area contributed by atoms with Gasteiger partial charge in [-0.05, 0) is 0 Å². The van der Waals surface area contributed by atoms with Crippen LogP contribution in [-0.4, -0.2) is 7.05 Å². The van der Waals surface area contributed by atoms with E-state index < -0.39 is 0 Å². The molecule has 6 heavy (non-hydrogen) atoms. The van der Waals surface area contributed by atoms with Crippen molar-refractivity contribution in [2.24, 2.45) is 0 Å². The second-order valence-corrected chi connectivity index (χ2v) is 0.723. The number of nitrogens with one attached hydrogen (secondary N) is 3. The van der Waals surface area contributed by atoms with Crippen molar-refractivity contribution < 1.29 is 0 Å². The van der Waals surface area contributed by atoms with Crippen molar-refractivity contribution in [1.29, 1.82) is 0 Å². The molecular formula is C3H9N3. The van der Waals surface area contributed by atoms with Crippen molar-refractivity contribution in [1.82, 2.24) is 16.4 Å². The maximum atomic E-state index is 3.38. The number of hydrogen-bond acceptors (Lipinski definition) is 3. The topological polar surface area (TPSA) is 36.1 Å². The lowest BCUT2D eigenvalue weighted by molar-refractivity contribution is 0.542. The van der Waals surface area contributed by atoms with Gasteiger partial charge in [-0.2, -0.15) is 5.53 Å². The molecule has 0 aliphatic heterocycles. The first-order valence-corrected chi connectivity index (χ1v) is 1.70. The fraction of sp³-hybridized carbons (Fsp3) is 0.333. The van der Waals surface area contributed by atoms with Crippen LogP contribution in [0.4, 0.5) is 0 Å². The maximum Gasteiger partial charge on any atom is 0.00666 e. The molecule has 0 bridgehead atoms. The number of hydrazine groups is 2. The molecule has 36 valence electrons. The summed E-state index contributed by atoms with van der Waals surface area (Å²) >= 11 is 0. The molecule has 3 N–H and O–H groups in total. The Bertz CT molecular complexity index is 35.0. The van der Waals surface area contributed by atoms with Crippen molar-refractivity contribution in [3.8, 4) is 0 Å². The summed E-state index contributed by atoms with van der Waals surface area (Å²) in [5.74, 6) is 0. The summed E-state index contributed by atoms with van der Waals surface area (Å²) in [5.41, 5.74) is 7.82. The Morgan fingerprint density at radius 1 is 1.67 bits per heavy atom. The average Bonchev–Trinajstić information content (AvgIpc) is 1.61. The van der Waals surface area contributed by atoms with Crippen LogP contribution in [-0.2, 0) is 0 Å². The monoisotopic (exact) mass is 87.1 g/mol. The van der Waals surface area contributed by atoms with Gasteiger partial charge in [0.15, 0.2) is 0 Å². The van der Waals surface area contributed by atoms with Crippen molar-refractivity contribution in [3.05, 3.63) is 12.8 Å². The standard InChI is InChI=1S/C3H9N3/c1-3-5-6-4-2/h3-6H,1H2,2H3. The lowest BCUT2D eigenvalue weighted by Gasteiger charge is -1.96. The molecule has 0 aromatic heterocycles. The van der Waals surface area contributed by atoms with Gasteiger partial charge in [0.25, 0.3) is 0 Å². The SMILES string of the molecule is C=CNNNC. The third-order valence-electron chi connectivity index (χ3n) is 0.299. The van der Waals surface area contributed by atoms with Gasteiger partial charge in [0, 0.05) is 13.2 Å². The number of hydrogen-bond donors (Lipinski definition) is 3. The fourth-order valence-electron chi connectivity index (χ4n) is 0.123. The van der Waals surface area contributed by atoms with E-state index in [-0.39, 0.29) is 0 Å². The zero-order valence-corrected chi connectivity index (χ0v) is 3.78. The summed E-state index contributed by atoms with van der Waals surface area (Å²) in [4.78, 5) is 0. The Hall–Kier alpha value is -0.540. The summed E-state index contributed by atoms with van der Waals surface area (Å²) < 4.78 is 0. The molecule has 0 aromatic rings. The van der Waals surface area contributed by atoms with Crippen molar-refractivity contribution in [3.63, 3.8) is 0 Å². The fourth-order valence-corrected chi connectivity index (χ4v) is 0.123. The maximum absolute atomic E-state index is 3.38. The first-order valence-electron chi connectivity index (χ1n) is 1.70. The Kier molecular flexibility index (Phi) is 4.06. The quantitative estimate of drug-likeness (QED) is 0.316. The van der Waals surface area contributed by atoms with Crippen LogP contribution in [0.15, 0.2) is 12.8 Å². The highest BCUT2D eigenvalue weighted by Crippen LogP contribution is 1.34. The Labute approximate surface area is 37.4 Å². The lowest BCUT2D eigenvalue weighted by atomic mass is 11.1. The molecule has 0 unspecified atom stereocenters. The minimum atomic E-state index is 1.54. The van der Waals surface area contributed by atoms with E-state index in [1.54, 1.807) is 7.05 Å². The molecule has 0 atom stereocenters. The molecule has 0 aliphatic rings. The van der Waals surface area contributed by atoms with Crippen LogP contribution in [0.1, 0.15) is 0 Å². The van der Waals surface area contributed by atoms with Crippen molar-refractivity contribution in [2.45, 2.75) is 0 Å². The van der Waals surface area contributed by atoms with Gasteiger partial charge in [-0.3, -0.25) is 0 Å². The van der Waals surface area contributed by atoms with E-state index in [0.29, 0.717) is 0 Å². The molecule has 0 saturated heterocycles. The minimum absolute atomic E-state index is 1.54. The Morgan fingerprint density at radius 3 is 2.50 bits per heavy atom. The second kappa shape index (κ2) is 4.46. The molecule has 0 fully saturated rings. The van der Waals surface area contributed by atoms with E-state index in [0.717, 1.165) is 0 Å². The molecule has 0 aliphatic carbocycles. The van der Waals surface area contributed by atoms with Gasteiger partial charge in [0.05, 0.1) is 0 Å². The summed E-state index contributed by atoms with van der Waals surface area (Å²) in [6, 6.07) is 0. The van der Waals surface area contributed by atoms with E-state index in [1.165, 1.54) is 6.20 Å². The van der Waals surface area contributed by atoms with Crippen LogP contribution in [0.3, 0.4) is 0 Å². The van der Waals surface area contributed by atoms with Gasteiger partial charge in [0.2, 0.25) is 0 Å². The van der Waals surface area contributed by atoms with E-state index in [9.17, 15) is 0 Å². The van der Waals surface area contributed by atoms with E-state index in [2.05, 4.69) is 23.0 Å². The molecule has 0 rings (SSSR count). The van der Waals surface area contributed by atoms with Crippen LogP contribution in [0.5, 0.6) is 0 Å². The molecular weight excluding hydrogens is 78.1 g/mol. The molecule has 0 heterocycles. The van der Waals surface area contributed by atoms with Gasteiger partial charge in [-0.15, -0.1) is 0 Å². The predicted molar refractivity (Wildman–Crippen MR) is 25.5 cm³/mol. The molecule has 0 amide bonds. The zero-order valence-electron chi connectivity index (χ0n) is 3.78. The lowest BCUT2D eigenvalue weighted by Crippen LogP contribution is -2.36. The van der Waals surface area contributed by atoms with E-state index in [4.69, 9.17) is 0 Å². The summed E-state index contributed by atoms with van der Waals surface area (Å²) in [6.07, 6.45) is 1.54. The molecule has 0 spiro atoms. The van der Waals surface area contributed by atoms with Gasteiger partial charge in [0.1, 0.15) is 0 Å². The third kappa shape index (κ3) is 3.46. The van der Waals surface area contributed by atoms with Crippen LogP contribution in [0.2, 0.25) is 0 Å². The van der Waals surface area contributed by atoms with E-state index >= 15 is 0 Å². The third-order valence-corrected chi connectivity index (χ3v) is 0.299. The summed E-state index contributed by atoms with van der Waals surface area (Å²) in [5, 5.41) is 0. The molecule has 0 radical (unpaired) electrons. The highest BCUT2D eigenvalue weighted by Gasteiger charge is 1.58. The number of rotatable bonds is 3. The Balaban J connectivity index is 2.49. The first kappa shape index (κ1) is 5.46.